The molecule has 148 valence electrons. The third kappa shape index (κ3) is 3.05. The molecule has 30 heavy (non-hydrogen) atoms. The average Bonchev–Trinajstić information content (AvgIpc) is 3.08. The van der Waals surface area contributed by atoms with Crippen LogP contribution in [0, 0.1) is 17.9 Å². The molecular formula is C20H11F3N6O. The summed E-state index contributed by atoms with van der Waals surface area (Å²) in [6.07, 6.45) is -0.931. The highest BCUT2D eigenvalue weighted by atomic mass is 19.4. The minimum Gasteiger partial charge on any atom is -0.300 e. The van der Waals surface area contributed by atoms with Crippen molar-refractivity contribution in [2.75, 3.05) is 16.3 Å². The number of carbonyl (C=O) groups excluding carboxylic acids is 1. The molecule has 1 aliphatic heterocycles. The fourth-order valence-electron chi connectivity index (χ4n) is 3.35. The van der Waals surface area contributed by atoms with Crippen molar-refractivity contribution >= 4 is 33.9 Å². The van der Waals surface area contributed by atoms with E-state index in [-0.39, 0.29) is 17.9 Å². The Bertz CT molecular complexity index is 1240. The largest absolute Gasteiger partial charge is 0.433 e. The Morgan fingerprint density at radius 1 is 1.20 bits per heavy atom. The number of nitriles is 1. The molecule has 0 aliphatic carbocycles. The smallest absolute Gasteiger partial charge is 0.300 e. The summed E-state index contributed by atoms with van der Waals surface area (Å²) >= 11 is 0. The van der Waals surface area contributed by atoms with Gasteiger partial charge in [-0.2, -0.15) is 18.4 Å². The van der Waals surface area contributed by atoms with Gasteiger partial charge in [0.25, 0.3) is 0 Å². The van der Waals surface area contributed by atoms with Crippen LogP contribution in [0.4, 0.5) is 35.0 Å². The number of anilines is 2. The second-order valence-electron chi connectivity index (χ2n) is 6.46. The van der Waals surface area contributed by atoms with E-state index in [9.17, 15) is 23.2 Å². The van der Waals surface area contributed by atoms with Crippen LogP contribution in [0.3, 0.4) is 0 Å². The summed E-state index contributed by atoms with van der Waals surface area (Å²) in [6, 6.07) is 8.08. The van der Waals surface area contributed by atoms with Gasteiger partial charge in [0.05, 0.1) is 36.8 Å². The lowest BCUT2D eigenvalue weighted by molar-refractivity contribution is -0.141. The molecule has 0 unspecified atom stereocenters. The predicted molar refractivity (Wildman–Crippen MR) is 102 cm³/mol. The molecule has 1 atom stereocenters. The Kier molecular flexibility index (Phi) is 4.47. The van der Waals surface area contributed by atoms with Gasteiger partial charge >= 0.3 is 12.2 Å². The molecule has 2 amide bonds. The number of hydrogen-bond donors (Lipinski definition) is 0. The summed E-state index contributed by atoms with van der Waals surface area (Å²) in [7, 11) is 0. The van der Waals surface area contributed by atoms with Crippen molar-refractivity contribution in [2.45, 2.75) is 12.2 Å². The van der Waals surface area contributed by atoms with Crippen molar-refractivity contribution in [1.82, 2.24) is 9.97 Å². The van der Waals surface area contributed by atoms with Crippen LogP contribution in [0.25, 0.3) is 15.6 Å². The van der Waals surface area contributed by atoms with Crippen LogP contribution >= 0.6 is 0 Å². The van der Waals surface area contributed by atoms with Crippen molar-refractivity contribution in [3.05, 3.63) is 66.0 Å². The van der Waals surface area contributed by atoms with Crippen LogP contribution in [0.2, 0.25) is 0 Å². The minimum atomic E-state index is -4.74. The van der Waals surface area contributed by atoms with E-state index in [1.54, 1.807) is 30.5 Å². The molecule has 4 rings (SSSR count). The van der Waals surface area contributed by atoms with Gasteiger partial charge in [-0.3, -0.25) is 14.9 Å². The SMILES string of the molecule is [C-]#[N+]c1cnc(C(F)(F)F)cc1N1C[C@H](C#N)N(c2cncc3ccccc23)C1=O. The maximum Gasteiger partial charge on any atom is 0.433 e. The molecule has 2 aromatic heterocycles. The highest BCUT2D eigenvalue weighted by molar-refractivity contribution is 6.12. The first-order valence-electron chi connectivity index (χ1n) is 8.63. The van der Waals surface area contributed by atoms with Crippen molar-refractivity contribution in [3.63, 3.8) is 0 Å². The van der Waals surface area contributed by atoms with Crippen LogP contribution in [-0.2, 0) is 6.18 Å². The van der Waals surface area contributed by atoms with Crippen LogP contribution in [0.1, 0.15) is 5.69 Å². The number of halogens is 3. The number of urea groups is 1. The zero-order valence-corrected chi connectivity index (χ0v) is 15.1. The number of benzene rings is 1. The number of hydrogen-bond acceptors (Lipinski definition) is 4. The molecule has 1 aliphatic rings. The van der Waals surface area contributed by atoms with E-state index in [1.807, 2.05) is 6.07 Å². The van der Waals surface area contributed by atoms with E-state index in [1.165, 1.54) is 11.1 Å². The highest BCUT2D eigenvalue weighted by Crippen LogP contribution is 2.39. The fourth-order valence-corrected chi connectivity index (χ4v) is 3.35. The third-order valence-electron chi connectivity index (χ3n) is 4.72. The van der Waals surface area contributed by atoms with Crippen LogP contribution < -0.4 is 9.80 Å². The molecule has 0 saturated carbocycles. The molecule has 1 fully saturated rings. The van der Waals surface area contributed by atoms with E-state index in [4.69, 9.17) is 6.57 Å². The van der Waals surface area contributed by atoms with Crippen molar-refractivity contribution in [2.24, 2.45) is 0 Å². The summed E-state index contributed by atoms with van der Waals surface area (Å²) in [5, 5.41) is 11.0. The first-order chi connectivity index (χ1) is 14.3. The monoisotopic (exact) mass is 408 g/mol. The van der Waals surface area contributed by atoms with Gasteiger partial charge in [-0.15, -0.1) is 0 Å². The quantitative estimate of drug-likeness (QED) is 0.584. The molecule has 0 bridgehead atoms. The molecule has 0 spiro atoms. The number of alkyl halides is 3. The zero-order valence-electron chi connectivity index (χ0n) is 15.1. The van der Waals surface area contributed by atoms with E-state index >= 15 is 0 Å². The lowest BCUT2D eigenvalue weighted by atomic mass is 10.1. The van der Waals surface area contributed by atoms with Gasteiger partial charge in [0, 0.05) is 23.2 Å². The van der Waals surface area contributed by atoms with Gasteiger partial charge in [-0.1, -0.05) is 24.3 Å². The van der Waals surface area contributed by atoms with Crippen LogP contribution in [0.5, 0.6) is 0 Å². The van der Waals surface area contributed by atoms with E-state index < -0.39 is 23.9 Å². The molecule has 1 saturated heterocycles. The summed E-state index contributed by atoms with van der Waals surface area (Å²) in [4.78, 5) is 26.0. The second-order valence-corrected chi connectivity index (χ2v) is 6.46. The average molecular weight is 408 g/mol. The lowest BCUT2D eigenvalue weighted by Gasteiger charge is -2.22. The Labute approximate surface area is 168 Å². The van der Waals surface area contributed by atoms with Crippen LogP contribution in [-0.4, -0.2) is 28.6 Å². The molecule has 3 heterocycles. The Morgan fingerprint density at radius 3 is 2.67 bits per heavy atom. The van der Waals surface area contributed by atoms with Gasteiger partial charge in [0.1, 0.15) is 11.7 Å². The molecular weight excluding hydrogens is 397 g/mol. The second kappa shape index (κ2) is 7.01. The maximum atomic E-state index is 13.2. The van der Waals surface area contributed by atoms with Crippen LogP contribution in [0.15, 0.2) is 48.9 Å². The predicted octanol–water partition coefficient (Wildman–Crippen LogP) is 4.54. The minimum absolute atomic E-state index is 0.206. The summed E-state index contributed by atoms with van der Waals surface area (Å²) < 4.78 is 39.4. The standard InChI is InChI=1S/C20H11F3N6O/c1-25-15-9-27-18(20(21,22)23)6-16(15)28-11-13(7-24)29(19(28)30)17-10-26-8-12-4-2-3-5-14(12)17/h2-6,8-10,13H,11H2/t13-/m0/s1. The molecule has 0 N–H and O–H groups in total. The molecule has 0 radical (unpaired) electrons. The summed E-state index contributed by atoms with van der Waals surface area (Å²) in [5.74, 6) is 0. The first-order valence-corrected chi connectivity index (χ1v) is 8.63. The first kappa shape index (κ1) is 19.2. The van der Waals surface area contributed by atoms with E-state index in [2.05, 4.69) is 14.8 Å². The molecule has 1 aromatic carbocycles. The van der Waals surface area contributed by atoms with Gasteiger partial charge in [-0.25, -0.2) is 9.64 Å². The topological polar surface area (TPSA) is 77.5 Å². The Morgan fingerprint density at radius 2 is 1.97 bits per heavy atom. The third-order valence-corrected chi connectivity index (χ3v) is 4.72. The van der Waals surface area contributed by atoms with Crippen molar-refractivity contribution in [1.29, 1.82) is 5.26 Å². The number of aromatic nitrogens is 2. The molecule has 3 aromatic rings. The van der Waals surface area contributed by atoms with Crippen molar-refractivity contribution < 1.29 is 18.0 Å². The Hall–Kier alpha value is -4.18. The number of amides is 2. The van der Waals surface area contributed by atoms with Gasteiger partial charge in [-0.05, 0) is 6.07 Å². The number of carbonyl (C=O) groups is 1. The number of pyridine rings is 2. The normalized spacial score (nSPS) is 16.6. The number of fused-ring (bicyclic) bond motifs is 1. The van der Waals surface area contributed by atoms with Gasteiger partial charge < -0.3 is 4.90 Å². The van der Waals surface area contributed by atoms with Gasteiger partial charge in [0.15, 0.2) is 0 Å². The van der Waals surface area contributed by atoms with E-state index in [0.717, 1.165) is 16.5 Å². The lowest BCUT2D eigenvalue weighted by Crippen LogP contribution is -2.34. The number of nitrogens with zero attached hydrogens (tertiary/aromatic N) is 6. The Balaban J connectivity index is 1.84. The van der Waals surface area contributed by atoms with E-state index in [0.29, 0.717) is 17.1 Å². The highest BCUT2D eigenvalue weighted by Gasteiger charge is 2.42. The fraction of sp³-hybridized carbons (Fsp3) is 0.150. The van der Waals surface area contributed by atoms with Crippen molar-refractivity contribution in [3.8, 4) is 6.07 Å². The molecule has 10 heteroatoms. The summed E-state index contributed by atoms with van der Waals surface area (Å²) in [6.45, 7) is 7.03. The maximum absolute atomic E-state index is 13.2. The number of rotatable bonds is 2. The molecule has 7 nitrogen and oxygen atoms in total. The summed E-state index contributed by atoms with van der Waals surface area (Å²) in [5.41, 5.74) is -1.32. The van der Waals surface area contributed by atoms with Gasteiger partial charge in [0.2, 0.25) is 5.69 Å². The zero-order chi connectivity index (χ0) is 21.5.